The fraction of sp³-hybridized carbons (Fsp3) is 0.667. The van der Waals surface area contributed by atoms with Crippen LogP contribution >= 0.6 is 0 Å². The summed E-state index contributed by atoms with van der Waals surface area (Å²) in [5, 5.41) is 6.56. The van der Waals surface area contributed by atoms with Crippen LogP contribution < -0.4 is 5.32 Å². The molecule has 0 atom stereocenters. The summed E-state index contributed by atoms with van der Waals surface area (Å²) in [5.41, 5.74) is 1.00. The van der Waals surface area contributed by atoms with Gasteiger partial charge in [0, 0.05) is 12.6 Å². The highest BCUT2D eigenvalue weighted by Gasteiger charge is 2.10. The summed E-state index contributed by atoms with van der Waals surface area (Å²) in [6.07, 6.45) is 3.89. The molecule has 90 valence electrons. The third-order valence-electron chi connectivity index (χ3n) is 2.26. The van der Waals surface area contributed by atoms with Crippen LogP contribution in [0, 0.1) is 5.41 Å². The van der Waals surface area contributed by atoms with Gasteiger partial charge in [-0.15, -0.1) is 0 Å². The van der Waals surface area contributed by atoms with Crippen molar-refractivity contribution in [3.8, 4) is 0 Å². The normalized spacial score (nSPS) is 11.4. The minimum Gasteiger partial charge on any atom is -0.364 e. The van der Waals surface area contributed by atoms with Crippen LogP contribution in [0.2, 0.25) is 0 Å². The first-order valence-electron chi connectivity index (χ1n) is 5.63. The van der Waals surface area contributed by atoms with Crippen LogP contribution in [-0.4, -0.2) is 17.6 Å². The van der Waals surface area contributed by atoms with Crippen molar-refractivity contribution < 1.29 is 9.32 Å². The Labute approximate surface area is 96.4 Å². The van der Waals surface area contributed by atoms with E-state index < -0.39 is 0 Å². The monoisotopic (exact) mass is 224 g/mol. The summed E-state index contributed by atoms with van der Waals surface area (Å²) in [6, 6.07) is 1.70. The lowest BCUT2D eigenvalue weighted by atomic mass is 9.91. The minimum atomic E-state index is 0.00260. The van der Waals surface area contributed by atoms with Gasteiger partial charge in [0.1, 0.15) is 6.26 Å². The molecule has 1 amide bonds. The maximum atomic E-state index is 11.4. The molecule has 0 unspecified atom stereocenters. The molecule has 0 saturated heterocycles. The summed E-state index contributed by atoms with van der Waals surface area (Å²) in [6.45, 7) is 7.33. The number of amides is 1. The summed E-state index contributed by atoms with van der Waals surface area (Å²) in [5.74, 6) is 0.00260. The second-order valence-electron chi connectivity index (χ2n) is 5.18. The molecule has 16 heavy (non-hydrogen) atoms. The van der Waals surface area contributed by atoms with Gasteiger partial charge in [-0.1, -0.05) is 25.9 Å². The molecule has 0 aliphatic carbocycles. The van der Waals surface area contributed by atoms with E-state index in [0.717, 1.165) is 19.4 Å². The van der Waals surface area contributed by atoms with E-state index in [0.29, 0.717) is 17.5 Å². The quantitative estimate of drug-likeness (QED) is 0.780. The van der Waals surface area contributed by atoms with E-state index in [1.165, 1.54) is 6.26 Å². The Morgan fingerprint density at radius 1 is 1.50 bits per heavy atom. The van der Waals surface area contributed by atoms with E-state index in [-0.39, 0.29) is 5.91 Å². The fourth-order valence-electron chi connectivity index (χ4n) is 1.40. The van der Waals surface area contributed by atoms with Gasteiger partial charge >= 0.3 is 0 Å². The van der Waals surface area contributed by atoms with Crippen LogP contribution in [0.3, 0.4) is 0 Å². The highest BCUT2D eigenvalue weighted by molar-refractivity contribution is 5.77. The third kappa shape index (κ3) is 5.53. The molecule has 1 N–H and O–H groups in total. The Morgan fingerprint density at radius 2 is 2.25 bits per heavy atom. The number of nitrogens with zero attached hydrogens (tertiary/aromatic N) is 1. The van der Waals surface area contributed by atoms with E-state index in [1.54, 1.807) is 6.07 Å². The van der Waals surface area contributed by atoms with Gasteiger partial charge in [-0.25, -0.2) is 0 Å². The van der Waals surface area contributed by atoms with Crippen LogP contribution in [0.15, 0.2) is 16.9 Å². The largest absolute Gasteiger partial charge is 0.364 e. The van der Waals surface area contributed by atoms with Gasteiger partial charge in [-0.3, -0.25) is 4.79 Å². The van der Waals surface area contributed by atoms with Crippen LogP contribution in [0.5, 0.6) is 0 Å². The predicted octanol–water partition coefficient (Wildman–Crippen LogP) is 2.16. The number of hydrogen-bond donors (Lipinski definition) is 1. The zero-order chi connectivity index (χ0) is 12.0. The van der Waals surface area contributed by atoms with Crippen molar-refractivity contribution in [2.75, 3.05) is 6.54 Å². The molecule has 1 aromatic heterocycles. The van der Waals surface area contributed by atoms with Gasteiger partial charge in [-0.05, 0) is 18.3 Å². The maximum absolute atomic E-state index is 11.4. The molecule has 0 spiro atoms. The predicted molar refractivity (Wildman–Crippen MR) is 61.9 cm³/mol. The molecule has 0 aliphatic rings. The highest BCUT2D eigenvalue weighted by atomic mass is 16.5. The van der Waals surface area contributed by atoms with E-state index in [9.17, 15) is 4.79 Å². The van der Waals surface area contributed by atoms with Gasteiger partial charge in [0.25, 0.3) is 0 Å². The number of aromatic nitrogens is 1. The van der Waals surface area contributed by atoms with Gasteiger partial charge in [0.15, 0.2) is 0 Å². The number of hydrogen-bond acceptors (Lipinski definition) is 3. The van der Waals surface area contributed by atoms with Gasteiger partial charge < -0.3 is 9.84 Å². The first-order chi connectivity index (χ1) is 7.47. The Balaban J connectivity index is 2.12. The molecule has 0 saturated carbocycles. The summed E-state index contributed by atoms with van der Waals surface area (Å²) < 4.78 is 4.66. The Bertz CT molecular complexity index is 312. The van der Waals surface area contributed by atoms with Crippen LogP contribution in [0.25, 0.3) is 0 Å². The molecular formula is C12H20N2O2. The lowest BCUT2D eigenvalue weighted by Gasteiger charge is -2.17. The zero-order valence-corrected chi connectivity index (χ0v) is 10.2. The molecule has 0 fully saturated rings. The SMILES string of the molecule is CC(C)(C)CCCNC(=O)Cc1ccon1. The van der Waals surface area contributed by atoms with Crippen molar-refractivity contribution >= 4 is 5.91 Å². The summed E-state index contributed by atoms with van der Waals surface area (Å²) in [7, 11) is 0. The van der Waals surface area contributed by atoms with Crippen molar-refractivity contribution in [2.24, 2.45) is 5.41 Å². The van der Waals surface area contributed by atoms with Crippen LogP contribution in [-0.2, 0) is 11.2 Å². The Morgan fingerprint density at radius 3 is 2.81 bits per heavy atom. The van der Waals surface area contributed by atoms with Crippen LogP contribution in [0.1, 0.15) is 39.3 Å². The molecule has 0 aliphatic heterocycles. The number of carbonyl (C=O) groups is 1. The Kier molecular flexibility index (Phi) is 4.52. The molecule has 1 rings (SSSR count). The fourth-order valence-corrected chi connectivity index (χ4v) is 1.40. The molecule has 0 aromatic carbocycles. The van der Waals surface area contributed by atoms with Crippen LogP contribution in [0.4, 0.5) is 0 Å². The minimum absolute atomic E-state index is 0.00260. The average molecular weight is 224 g/mol. The molecular weight excluding hydrogens is 204 g/mol. The van der Waals surface area contributed by atoms with E-state index >= 15 is 0 Å². The smallest absolute Gasteiger partial charge is 0.226 e. The second kappa shape index (κ2) is 5.68. The van der Waals surface area contributed by atoms with E-state index in [2.05, 4.69) is 35.8 Å². The highest BCUT2D eigenvalue weighted by Crippen LogP contribution is 2.19. The van der Waals surface area contributed by atoms with Crippen molar-refractivity contribution in [3.05, 3.63) is 18.0 Å². The molecule has 4 nitrogen and oxygen atoms in total. The lowest BCUT2D eigenvalue weighted by molar-refractivity contribution is -0.120. The number of nitrogens with one attached hydrogen (secondary N) is 1. The molecule has 1 heterocycles. The van der Waals surface area contributed by atoms with Crippen molar-refractivity contribution in [1.82, 2.24) is 10.5 Å². The summed E-state index contributed by atoms with van der Waals surface area (Å²) in [4.78, 5) is 11.4. The van der Waals surface area contributed by atoms with Gasteiger partial charge in [0.05, 0.1) is 12.1 Å². The molecule has 0 radical (unpaired) electrons. The first-order valence-corrected chi connectivity index (χ1v) is 5.63. The Hall–Kier alpha value is -1.32. The van der Waals surface area contributed by atoms with E-state index in [1.807, 2.05) is 0 Å². The van der Waals surface area contributed by atoms with Crippen molar-refractivity contribution in [2.45, 2.75) is 40.0 Å². The topological polar surface area (TPSA) is 55.1 Å². The molecule has 0 bridgehead atoms. The maximum Gasteiger partial charge on any atom is 0.226 e. The van der Waals surface area contributed by atoms with E-state index in [4.69, 9.17) is 0 Å². The first kappa shape index (κ1) is 12.7. The molecule has 4 heteroatoms. The molecule has 1 aromatic rings. The average Bonchev–Trinajstić information content (AvgIpc) is 2.63. The standard InChI is InChI=1S/C12H20N2O2/c1-12(2,3)6-4-7-13-11(15)9-10-5-8-16-14-10/h5,8H,4,6-7,9H2,1-3H3,(H,13,15). The number of carbonyl (C=O) groups excluding carboxylic acids is 1. The van der Waals surface area contributed by atoms with Gasteiger partial charge in [0.2, 0.25) is 5.91 Å². The second-order valence-corrected chi connectivity index (χ2v) is 5.18. The zero-order valence-electron chi connectivity index (χ0n) is 10.2. The van der Waals surface area contributed by atoms with Crippen molar-refractivity contribution in [1.29, 1.82) is 0 Å². The van der Waals surface area contributed by atoms with Crippen molar-refractivity contribution in [3.63, 3.8) is 0 Å². The van der Waals surface area contributed by atoms with Gasteiger partial charge in [-0.2, -0.15) is 0 Å². The third-order valence-corrected chi connectivity index (χ3v) is 2.26. The number of rotatable bonds is 5. The lowest BCUT2D eigenvalue weighted by Crippen LogP contribution is -2.26. The summed E-state index contributed by atoms with van der Waals surface area (Å²) >= 11 is 0.